The van der Waals surface area contributed by atoms with E-state index in [2.05, 4.69) is 15.0 Å². The molecule has 1 atom stereocenters. The van der Waals surface area contributed by atoms with Gasteiger partial charge in [0, 0.05) is 17.7 Å². The second kappa shape index (κ2) is 8.80. The van der Waals surface area contributed by atoms with E-state index in [4.69, 9.17) is 0 Å². The van der Waals surface area contributed by atoms with Crippen molar-refractivity contribution in [1.82, 2.24) is 4.72 Å². The Morgan fingerprint density at radius 2 is 1.65 bits per heavy atom. The third kappa shape index (κ3) is 4.66. The number of aliphatic imine (C=N–C) groups is 1. The number of fused-ring (bicyclic) bond motifs is 1. The number of hydrogen-bond donors (Lipinski definition) is 2. The Morgan fingerprint density at radius 1 is 0.971 bits per heavy atom. The fourth-order valence-electron chi connectivity index (χ4n) is 3.74. The van der Waals surface area contributed by atoms with E-state index in [9.17, 15) is 25.6 Å². The molecule has 1 heterocycles. The number of hydrogen-bond acceptors (Lipinski definition) is 5. The summed E-state index contributed by atoms with van der Waals surface area (Å²) < 4.78 is 80.5. The first-order valence-corrected chi connectivity index (χ1v) is 13.5. The van der Waals surface area contributed by atoms with Crippen molar-refractivity contribution in [3.05, 3.63) is 89.0 Å². The summed E-state index contributed by atoms with van der Waals surface area (Å²) in [5, 5.41) is 2.84. The Balaban J connectivity index is 1.71. The summed E-state index contributed by atoms with van der Waals surface area (Å²) in [4.78, 5) is 4.20. The quantitative estimate of drug-likeness (QED) is 0.549. The van der Waals surface area contributed by atoms with Crippen LogP contribution in [0.15, 0.2) is 75.4 Å². The molecule has 0 amide bonds. The smallest absolute Gasteiger partial charge is 0.266 e. The van der Waals surface area contributed by atoms with E-state index in [1.165, 1.54) is 30.3 Å². The minimum atomic E-state index is -4.07. The van der Waals surface area contributed by atoms with Crippen LogP contribution in [-0.4, -0.2) is 29.1 Å². The van der Waals surface area contributed by atoms with Crippen molar-refractivity contribution >= 4 is 31.5 Å². The van der Waals surface area contributed by atoms with Gasteiger partial charge in [-0.1, -0.05) is 37.3 Å². The molecule has 0 fully saturated rings. The van der Waals surface area contributed by atoms with Gasteiger partial charge in [-0.05, 0) is 41.5 Å². The summed E-state index contributed by atoms with van der Waals surface area (Å²) in [6, 6.07) is 14.1. The molecule has 0 spiro atoms. The number of sulfone groups is 1. The van der Waals surface area contributed by atoms with Crippen molar-refractivity contribution in [2.75, 3.05) is 11.6 Å². The summed E-state index contributed by atoms with van der Waals surface area (Å²) in [6.07, 6.45) is 1.10. The van der Waals surface area contributed by atoms with E-state index in [0.717, 1.165) is 18.4 Å². The molecule has 0 saturated carbocycles. The maximum absolute atomic E-state index is 14.9. The van der Waals surface area contributed by atoms with Crippen molar-refractivity contribution in [3.63, 3.8) is 0 Å². The number of nitrogens with zero attached hydrogens (tertiary/aromatic N) is 1. The van der Waals surface area contributed by atoms with E-state index < -0.39 is 37.4 Å². The van der Waals surface area contributed by atoms with Crippen LogP contribution in [-0.2, 0) is 26.4 Å². The predicted molar refractivity (Wildman–Crippen MR) is 125 cm³/mol. The zero-order chi connectivity index (χ0) is 24.7. The zero-order valence-corrected chi connectivity index (χ0v) is 19.8. The maximum atomic E-state index is 14.9. The number of anilines is 1. The van der Waals surface area contributed by atoms with Gasteiger partial charge >= 0.3 is 0 Å². The number of rotatable bonds is 5. The standard InChI is InChI=1S/C23H21F2N3O4S2/c1-14(17-5-3-4-6-18(17)24)21-19(25)11-12-20-22(21)27-23(28-34(20,31)32)26-13-15-7-9-16(10-8-15)33(2,29)30/h3-12,14H,13H2,1-2H3,(H2,26,27,28)/t14-/m0/s1. The van der Waals surface area contributed by atoms with Gasteiger partial charge < -0.3 is 5.32 Å². The number of sulfonamides is 1. The van der Waals surface area contributed by atoms with Gasteiger partial charge in [-0.15, -0.1) is 0 Å². The molecule has 0 saturated heterocycles. The Hall–Kier alpha value is -3.31. The summed E-state index contributed by atoms with van der Waals surface area (Å²) >= 11 is 0. The number of benzene rings is 3. The van der Waals surface area contributed by atoms with E-state index in [0.29, 0.717) is 5.56 Å². The van der Waals surface area contributed by atoms with Gasteiger partial charge in [-0.3, -0.25) is 0 Å². The predicted octanol–water partition coefficient (Wildman–Crippen LogP) is 3.78. The number of halogens is 2. The van der Waals surface area contributed by atoms with Crippen molar-refractivity contribution in [3.8, 4) is 0 Å². The third-order valence-corrected chi connectivity index (χ3v) is 8.00. The Labute approximate surface area is 196 Å². The second-order valence-electron chi connectivity index (χ2n) is 7.89. The largest absolute Gasteiger partial charge is 0.324 e. The van der Waals surface area contributed by atoms with E-state index in [1.807, 2.05) is 0 Å². The molecular formula is C23H21F2N3O4S2. The average molecular weight is 506 g/mol. The summed E-state index contributed by atoms with van der Waals surface area (Å²) in [6.45, 7) is 1.62. The highest BCUT2D eigenvalue weighted by Gasteiger charge is 2.32. The van der Waals surface area contributed by atoms with Gasteiger partial charge in [-0.25, -0.2) is 35.3 Å². The fourth-order valence-corrected chi connectivity index (χ4v) is 5.53. The molecule has 3 aromatic carbocycles. The third-order valence-electron chi connectivity index (χ3n) is 5.49. The fraction of sp³-hybridized carbons (Fsp3) is 0.174. The monoisotopic (exact) mass is 505 g/mol. The maximum Gasteiger partial charge on any atom is 0.266 e. The van der Waals surface area contributed by atoms with Crippen LogP contribution in [0.25, 0.3) is 0 Å². The molecular weight excluding hydrogens is 484 g/mol. The van der Waals surface area contributed by atoms with Gasteiger partial charge in [-0.2, -0.15) is 0 Å². The van der Waals surface area contributed by atoms with Crippen LogP contribution in [0.5, 0.6) is 0 Å². The lowest BCUT2D eigenvalue weighted by Crippen LogP contribution is -2.41. The van der Waals surface area contributed by atoms with Crippen LogP contribution >= 0.6 is 0 Å². The molecule has 4 rings (SSSR count). The van der Waals surface area contributed by atoms with Crippen LogP contribution in [0.3, 0.4) is 0 Å². The van der Waals surface area contributed by atoms with Gasteiger partial charge in [0.1, 0.15) is 16.5 Å². The molecule has 0 bridgehead atoms. The molecule has 34 heavy (non-hydrogen) atoms. The molecule has 7 nitrogen and oxygen atoms in total. The average Bonchev–Trinajstić information content (AvgIpc) is 2.76. The Kier molecular flexibility index (Phi) is 6.17. The van der Waals surface area contributed by atoms with E-state index in [-0.39, 0.29) is 39.1 Å². The van der Waals surface area contributed by atoms with Gasteiger partial charge in [0.25, 0.3) is 10.0 Å². The molecule has 178 valence electrons. The first-order chi connectivity index (χ1) is 16.0. The number of nitrogens with one attached hydrogen (secondary N) is 2. The highest BCUT2D eigenvalue weighted by atomic mass is 32.2. The Bertz CT molecular complexity index is 1500. The lowest BCUT2D eigenvalue weighted by molar-refractivity contribution is 0.577. The first kappa shape index (κ1) is 23.8. The van der Waals surface area contributed by atoms with Crippen LogP contribution < -0.4 is 10.0 Å². The van der Waals surface area contributed by atoms with E-state index >= 15 is 0 Å². The van der Waals surface area contributed by atoms with Crippen molar-refractivity contribution in [1.29, 1.82) is 0 Å². The molecule has 0 aromatic heterocycles. The van der Waals surface area contributed by atoms with Crippen molar-refractivity contribution < 1.29 is 25.6 Å². The van der Waals surface area contributed by atoms with Crippen LogP contribution in [0, 0.1) is 11.6 Å². The molecule has 0 aliphatic carbocycles. The van der Waals surface area contributed by atoms with Crippen molar-refractivity contribution in [2.24, 2.45) is 4.99 Å². The number of guanidine groups is 1. The minimum absolute atomic E-state index is 0.00196. The molecule has 2 N–H and O–H groups in total. The SMILES string of the molecule is C[C@@H](c1ccccc1F)c1c(F)ccc2c1NC(=NCc1ccc(S(C)(=O)=O)cc1)NS2(=O)=O. The first-order valence-electron chi connectivity index (χ1n) is 10.2. The summed E-state index contributed by atoms with van der Waals surface area (Å²) in [7, 11) is -7.42. The van der Waals surface area contributed by atoms with Crippen LogP contribution in [0.2, 0.25) is 0 Å². The van der Waals surface area contributed by atoms with Gasteiger partial charge in [0.05, 0.1) is 17.1 Å². The lowest BCUT2D eigenvalue weighted by atomic mass is 9.91. The normalized spacial score (nSPS) is 16.9. The minimum Gasteiger partial charge on any atom is -0.324 e. The zero-order valence-electron chi connectivity index (χ0n) is 18.2. The summed E-state index contributed by atoms with van der Waals surface area (Å²) in [5.41, 5.74) is 0.835. The topological polar surface area (TPSA) is 105 Å². The highest BCUT2D eigenvalue weighted by molar-refractivity contribution is 7.90. The molecule has 1 aliphatic rings. The molecule has 0 unspecified atom stereocenters. The van der Waals surface area contributed by atoms with E-state index in [1.54, 1.807) is 25.1 Å². The molecule has 3 aromatic rings. The molecule has 0 radical (unpaired) electrons. The van der Waals surface area contributed by atoms with Crippen LogP contribution in [0.1, 0.15) is 29.5 Å². The highest BCUT2D eigenvalue weighted by Crippen LogP contribution is 2.38. The molecule has 11 heteroatoms. The second-order valence-corrected chi connectivity index (χ2v) is 11.6. The molecule has 1 aliphatic heterocycles. The van der Waals surface area contributed by atoms with Crippen LogP contribution in [0.4, 0.5) is 14.5 Å². The lowest BCUT2D eigenvalue weighted by Gasteiger charge is -2.26. The van der Waals surface area contributed by atoms with Gasteiger partial charge in [0.2, 0.25) is 5.96 Å². The van der Waals surface area contributed by atoms with Crippen molar-refractivity contribution in [2.45, 2.75) is 29.2 Å². The van der Waals surface area contributed by atoms with Gasteiger partial charge in [0.15, 0.2) is 9.84 Å². The summed E-state index contributed by atoms with van der Waals surface area (Å²) in [5.74, 6) is -2.14. The Morgan fingerprint density at radius 3 is 2.29 bits per heavy atom.